The lowest BCUT2D eigenvalue weighted by atomic mass is 10.2. The number of thioether (sulfide) groups is 1. The van der Waals surface area contributed by atoms with Gasteiger partial charge in [-0.15, -0.1) is 20.4 Å². The number of para-hydroxylation sites is 1. The molecule has 3 aromatic heterocycles. The maximum Gasteiger partial charge on any atom is 0.239 e. The Morgan fingerprint density at radius 3 is 2.81 bits per heavy atom. The van der Waals surface area contributed by atoms with Gasteiger partial charge in [-0.3, -0.25) is 10.1 Å². The smallest absolute Gasteiger partial charge is 0.239 e. The third kappa shape index (κ3) is 3.37. The zero-order valence-electron chi connectivity index (χ0n) is 15.0. The molecule has 3 heterocycles. The number of anilines is 1. The number of hydrogen-bond acceptors (Lipinski definition) is 8. The number of hydrogen-bond donors (Lipinski definition) is 1. The van der Waals surface area contributed by atoms with Crippen LogP contribution in [0.5, 0.6) is 0 Å². The van der Waals surface area contributed by atoms with Gasteiger partial charge in [0.25, 0.3) is 0 Å². The van der Waals surface area contributed by atoms with Crippen molar-refractivity contribution in [1.82, 2.24) is 29.9 Å². The van der Waals surface area contributed by atoms with E-state index >= 15 is 0 Å². The van der Waals surface area contributed by atoms with Crippen LogP contribution in [0.3, 0.4) is 0 Å². The van der Waals surface area contributed by atoms with E-state index < -0.39 is 0 Å². The average molecular weight is 400 g/mol. The maximum absolute atomic E-state index is 12.6. The number of aryl methyl sites for hydroxylation is 2. The van der Waals surface area contributed by atoms with Gasteiger partial charge in [0.15, 0.2) is 5.65 Å². The Balaban J connectivity index is 1.60. The van der Waals surface area contributed by atoms with Crippen molar-refractivity contribution in [3.05, 3.63) is 29.3 Å². The third-order valence-electron chi connectivity index (χ3n) is 4.15. The molecule has 10 heteroatoms. The van der Waals surface area contributed by atoms with Crippen molar-refractivity contribution in [3.8, 4) is 0 Å². The van der Waals surface area contributed by atoms with Crippen LogP contribution >= 0.6 is 23.1 Å². The predicted octanol–water partition coefficient (Wildman–Crippen LogP) is 3.19. The molecule has 1 atom stereocenters. The van der Waals surface area contributed by atoms with Crippen LogP contribution in [0.15, 0.2) is 29.4 Å². The molecule has 0 fully saturated rings. The Labute approximate surface area is 163 Å². The molecule has 8 nitrogen and oxygen atoms in total. The van der Waals surface area contributed by atoms with Gasteiger partial charge in [-0.05, 0) is 19.4 Å². The van der Waals surface area contributed by atoms with Gasteiger partial charge in [0, 0.05) is 12.4 Å². The maximum atomic E-state index is 12.6. The molecular formula is C17H17N7OS2. The molecule has 4 aromatic rings. The number of carbonyl (C=O) groups excluding carboxylic acids is 1. The van der Waals surface area contributed by atoms with Crippen LogP contribution in [0.4, 0.5) is 5.13 Å². The molecule has 0 radical (unpaired) electrons. The molecule has 27 heavy (non-hydrogen) atoms. The Hall–Kier alpha value is -2.59. The average Bonchev–Trinajstić information content (AvgIpc) is 3.21. The fourth-order valence-electron chi connectivity index (χ4n) is 2.82. The first-order valence-corrected chi connectivity index (χ1v) is 10.1. The summed E-state index contributed by atoms with van der Waals surface area (Å²) in [5.74, 6) is -0.139. The summed E-state index contributed by atoms with van der Waals surface area (Å²) in [7, 11) is 1.95. The van der Waals surface area contributed by atoms with E-state index in [1.165, 1.54) is 23.1 Å². The van der Waals surface area contributed by atoms with E-state index in [1.54, 1.807) is 0 Å². The first-order valence-electron chi connectivity index (χ1n) is 8.42. The van der Waals surface area contributed by atoms with Crippen LogP contribution in [-0.2, 0) is 11.8 Å². The van der Waals surface area contributed by atoms with Crippen molar-refractivity contribution in [2.45, 2.75) is 30.7 Å². The number of amides is 1. The second-order valence-electron chi connectivity index (χ2n) is 5.97. The van der Waals surface area contributed by atoms with E-state index in [4.69, 9.17) is 0 Å². The van der Waals surface area contributed by atoms with Gasteiger partial charge < -0.3 is 4.57 Å². The summed E-state index contributed by atoms with van der Waals surface area (Å²) in [6, 6.07) is 7.99. The van der Waals surface area contributed by atoms with Gasteiger partial charge in [-0.25, -0.2) is 4.98 Å². The zero-order valence-corrected chi connectivity index (χ0v) is 16.6. The lowest BCUT2D eigenvalue weighted by Crippen LogP contribution is -2.24. The molecule has 4 rings (SSSR count). The number of benzene rings is 1. The molecule has 1 amide bonds. The zero-order chi connectivity index (χ0) is 19.0. The fraction of sp³-hybridized carbons (Fsp3) is 0.294. The van der Waals surface area contributed by atoms with Crippen LogP contribution in [-0.4, -0.2) is 41.1 Å². The summed E-state index contributed by atoms with van der Waals surface area (Å²) in [5.41, 5.74) is 2.57. The number of nitrogens with one attached hydrogen (secondary N) is 1. The minimum Gasteiger partial charge on any atom is -0.327 e. The van der Waals surface area contributed by atoms with Gasteiger partial charge in [-0.1, -0.05) is 48.2 Å². The highest BCUT2D eigenvalue weighted by atomic mass is 32.2. The molecule has 0 aliphatic rings. The largest absolute Gasteiger partial charge is 0.327 e. The summed E-state index contributed by atoms with van der Waals surface area (Å²) < 4.78 is 1.99. The lowest BCUT2D eigenvalue weighted by Gasteiger charge is -2.11. The number of aromatic nitrogens is 6. The van der Waals surface area contributed by atoms with Gasteiger partial charge in [-0.2, -0.15) is 0 Å². The Morgan fingerprint density at radius 2 is 2.07 bits per heavy atom. The first-order chi connectivity index (χ1) is 13.1. The van der Waals surface area contributed by atoms with Crippen LogP contribution < -0.4 is 5.32 Å². The first kappa shape index (κ1) is 17.8. The molecule has 1 N–H and O–H groups in total. The lowest BCUT2D eigenvalue weighted by molar-refractivity contribution is -0.115. The van der Waals surface area contributed by atoms with Gasteiger partial charge >= 0.3 is 0 Å². The van der Waals surface area contributed by atoms with Crippen LogP contribution in [0.1, 0.15) is 18.4 Å². The van der Waals surface area contributed by atoms with Crippen LogP contribution in [0.2, 0.25) is 0 Å². The van der Waals surface area contributed by atoms with E-state index in [-0.39, 0.29) is 11.2 Å². The second kappa shape index (κ2) is 7.20. The highest BCUT2D eigenvalue weighted by molar-refractivity contribution is 8.00. The number of nitrogens with zero attached hydrogens (tertiary/aromatic N) is 6. The minimum absolute atomic E-state index is 0.139. The summed E-state index contributed by atoms with van der Waals surface area (Å²) in [6.07, 6.45) is 0.630. The number of rotatable bonds is 5. The molecular weight excluding hydrogens is 382 g/mol. The Bertz CT molecular complexity index is 1140. The van der Waals surface area contributed by atoms with Crippen molar-refractivity contribution >= 4 is 56.2 Å². The molecule has 138 valence electrons. The van der Waals surface area contributed by atoms with Crippen molar-refractivity contribution in [2.24, 2.45) is 7.05 Å². The quantitative estimate of drug-likeness (QED) is 0.515. The molecule has 0 saturated heterocycles. The van der Waals surface area contributed by atoms with Crippen molar-refractivity contribution < 1.29 is 4.79 Å². The van der Waals surface area contributed by atoms with E-state index in [1.807, 2.05) is 49.7 Å². The molecule has 0 bridgehead atoms. The summed E-state index contributed by atoms with van der Waals surface area (Å²) in [4.78, 5) is 17.2. The van der Waals surface area contributed by atoms with E-state index in [0.717, 1.165) is 27.1 Å². The molecule has 0 aliphatic carbocycles. The highest BCUT2D eigenvalue weighted by Crippen LogP contribution is 2.28. The van der Waals surface area contributed by atoms with Crippen molar-refractivity contribution in [2.75, 3.05) is 5.32 Å². The minimum atomic E-state index is -0.344. The molecule has 0 spiro atoms. The monoisotopic (exact) mass is 399 g/mol. The van der Waals surface area contributed by atoms with Crippen molar-refractivity contribution in [3.63, 3.8) is 0 Å². The second-order valence-corrected chi connectivity index (χ2v) is 8.32. The van der Waals surface area contributed by atoms with Crippen LogP contribution in [0.25, 0.3) is 22.1 Å². The third-order valence-corrected chi connectivity index (χ3v) is 6.12. The Kier molecular flexibility index (Phi) is 4.75. The van der Waals surface area contributed by atoms with Crippen molar-refractivity contribution in [1.29, 1.82) is 0 Å². The molecule has 1 unspecified atom stereocenters. The standard InChI is InChI=1S/C17H17N7OS2/c1-4-12(15(25)19-17-22-20-9(2)26-17)27-16-18-14-13(21-23-16)10-7-5-6-8-11(10)24(14)3/h5-8,12H,4H2,1-3H3,(H,19,22,25). The van der Waals surface area contributed by atoms with Gasteiger partial charge in [0.1, 0.15) is 10.5 Å². The summed E-state index contributed by atoms with van der Waals surface area (Å²) >= 11 is 2.65. The Morgan fingerprint density at radius 1 is 1.26 bits per heavy atom. The SMILES string of the molecule is CCC(Sc1nnc2c3ccccc3n(C)c2n1)C(=O)Nc1nnc(C)s1. The highest BCUT2D eigenvalue weighted by Gasteiger charge is 2.22. The van der Waals surface area contributed by atoms with E-state index in [2.05, 4.69) is 30.7 Å². The van der Waals surface area contributed by atoms with E-state index in [0.29, 0.717) is 16.7 Å². The molecule has 0 aliphatic heterocycles. The van der Waals surface area contributed by atoms with Gasteiger partial charge in [0.05, 0.1) is 10.8 Å². The van der Waals surface area contributed by atoms with Crippen LogP contribution in [0, 0.1) is 6.92 Å². The van der Waals surface area contributed by atoms with E-state index in [9.17, 15) is 4.79 Å². The summed E-state index contributed by atoms with van der Waals surface area (Å²) in [5, 5.41) is 21.7. The summed E-state index contributed by atoms with van der Waals surface area (Å²) in [6.45, 7) is 3.79. The topological polar surface area (TPSA) is 98.5 Å². The predicted molar refractivity (Wildman–Crippen MR) is 107 cm³/mol. The fourth-order valence-corrected chi connectivity index (χ4v) is 4.23. The molecule has 1 aromatic carbocycles. The molecule has 0 saturated carbocycles. The number of carbonyl (C=O) groups is 1. The van der Waals surface area contributed by atoms with Gasteiger partial charge in [0.2, 0.25) is 16.2 Å². The normalized spacial score (nSPS) is 12.6. The number of fused-ring (bicyclic) bond motifs is 3.